The molecule has 1 unspecified atom stereocenters. The molecular formula is C11H9NO3. The molecule has 0 aliphatic rings. The molecule has 0 saturated carbocycles. The zero-order valence-corrected chi connectivity index (χ0v) is 7.81. The van der Waals surface area contributed by atoms with Crippen LogP contribution in [0.3, 0.4) is 0 Å². The third kappa shape index (κ3) is 1.61. The average molecular weight is 203 g/mol. The van der Waals surface area contributed by atoms with Crippen molar-refractivity contribution in [3.8, 4) is 0 Å². The van der Waals surface area contributed by atoms with Crippen LogP contribution in [-0.2, 0) is 0 Å². The number of carbonyl (C=O) groups excluding carboxylic acids is 1. The van der Waals surface area contributed by atoms with E-state index in [0.29, 0.717) is 17.2 Å². The standard InChI is InChI=1S/C11H9NO3/c13-7-9-5-1-3-8-4-2-6-10(11(8)9)12(14)15/h1-7,12,14H. The van der Waals surface area contributed by atoms with Gasteiger partial charge in [-0.15, -0.1) is 0 Å². The van der Waals surface area contributed by atoms with E-state index < -0.39 is 5.23 Å². The van der Waals surface area contributed by atoms with Crippen LogP contribution in [0.4, 0.5) is 5.69 Å². The van der Waals surface area contributed by atoms with E-state index in [1.165, 1.54) is 6.07 Å². The molecule has 0 radical (unpaired) electrons. The van der Waals surface area contributed by atoms with E-state index in [0.717, 1.165) is 5.39 Å². The predicted molar refractivity (Wildman–Crippen MR) is 55.1 cm³/mol. The van der Waals surface area contributed by atoms with Gasteiger partial charge in [-0.3, -0.25) is 4.79 Å². The summed E-state index contributed by atoms with van der Waals surface area (Å²) in [5, 5.41) is 20.2. The molecule has 0 heterocycles. The largest absolute Gasteiger partial charge is 0.595 e. The number of fused-ring (bicyclic) bond motifs is 1. The first-order chi connectivity index (χ1) is 7.24. The fourth-order valence-corrected chi connectivity index (χ4v) is 1.65. The minimum Gasteiger partial charge on any atom is -0.595 e. The lowest BCUT2D eigenvalue weighted by Crippen LogP contribution is -2.99. The van der Waals surface area contributed by atoms with Gasteiger partial charge in [-0.05, 0) is 5.39 Å². The second kappa shape index (κ2) is 3.78. The number of nitrogens with one attached hydrogen (secondary N) is 1. The summed E-state index contributed by atoms with van der Waals surface area (Å²) < 4.78 is 0. The van der Waals surface area contributed by atoms with Crippen molar-refractivity contribution in [3.63, 3.8) is 0 Å². The minimum atomic E-state index is -1.02. The smallest absolute Gasteiger partial charge is 0.172 e. The van der Waals surface area contributed by atoms with Gasteiger partial charge in [0.15, 0.2) is 12.0 Å². The molecule has 0 aliphatic heterocycles. The molecule has 0 bridgehead atoms. The number of hydrogen-bond donors (Lipinski definition) is 2. The highest BCUT2D eigenvalue weighted by Gasteiger charge is 2.10. The number of quaternary nitrogens is 1. The summed E-state index contributed by atoms with van der Waals surface area (Å²) in [7, 11) is 0. The predicted octanol–water partition coefficient (Wildman–Crippen LogP) is 1.06. The first kappa shape index (κ1) is 9.79. The van der Waals surface area contributed by atoms with E-state index in [1.807, 2.05) is 0 Å². The van der Waals surface area contributed by atoms with Crippen molar-refractivity contribution in [2.75, 3.05) is 0 Å². The van der Waals surface area contributed by atoms with Crippen LogP contribution in [0, 0.1) is 5.21 Å². The second-order valence-electron chi connectivity index (χ2n) is 3.17. The van der Waals surface area contributed by atoms with E-state index in [2.05, 4.69) is 0 Å². The highest BCUT2D eigenvalue weighted by atomic mass is 16.8. The summed E-state index contributed by atoms with van der Waals surface area (Å²) in [5.74, 6) is 0. The third-order valence-electron chi connectivity index (χ3n) is 2.29. The van der Waals surface area contributed by atoms with Crippen LogP contribution in [0.15, 0.2) is 36.4 Å². The zero-order valence-electron chi connectivity index (χ0n) is 7.81. The molecule has 0 saturated heterocycles. The summed E-state index contributed by atoms with van der Waals surface area (Å²) >= 11 is 0. The number of rotatable bonds is 2. The lowest BCUT2D eigenvalue weighted by atomic mass is 10.0. The van der Waals surface area contributed by atoms with Crippen LogP contribution in [0.25, 0.3) is 10.8 Å². The molecule has 2 N–H and O–H groups in total. The van der Waals surface area contributed by atoms with Gasteiger partial charge in [-0.1, -0.05) is 30.3 Å². The van der Waals surface area contributed by atoms with Crippen LogP contribution >= 0.6 is 0 Å². The Labute approximate surface area is 85.9 Å². The summed E-state index contributed by atoms with van der Waals surface area (Å²) in [6.45, 7) is 0. The lowest BCUT2D eigenvalue weighted by molar-refractivity contribution is -0.990. The Morgan fingerprint density at radius 1 is 1.20 bits per heavy atom. The molecule has 4 nitrogen and oxygen atoms in total. The van der Waals surface area contributed by atoms with E-state index >= 15 is 0 Å². The maximum absolute atomic E-state index is 11.0. The van der Waals surface area contributed by atoms with Gasteiger partial charge in [0, 0.05) is 11.6 Å². The molecule has 76 valence electrons. The maximum atomic E-state index is 11.0. The molecule has 0 fully saturated rings. The van der Waals surface area contributed by atoms with Gasteiger partial charge in [0.05, 0.1) is 5.39 Å². The van der Waals surface area contributed by atoms with Crippen LogP contribution in [0.2, 0.25) is 0 Å². The third-order valence-corrected chi connectivity index (χ3v) is 2.29. The quantitative estimate of drug-likeness (QED) is 0.566. The average Bonchev–Trinajstić information content (AvgIpc) is 2.27. The normalized spacial score (nSPS) is 12.7. The molecule has 0 amide bonds. The molecule has 15 heavy (non-hydrogen) atoms. The summed E-state index contributed by atoms with van der Waals surface area (Å²) in [5.41, 5.74) is 0.570. The monoisotopic (exact) mass is 203 g/mol. The van der Waals surface area contributed by atoms with Crippen LogP contribution in [-0.4, -0.2) is 11.5 Å². The highest BCUT2D eigenvalue weighted by Crippen LogP contribution is 2.23. The molecular weight excluding hydrogens is 194 g/mol. The summed E-state index contributed by atoms with van der Waals surface area (Å²) in [6, 6.07) is 10.1. The minimum absolute atomic E-state index is 0.162. The Kier molecular flexibility index (Phi) is 2.47. The number of hydrogen-bond acceptors (Lipinski definition) is 3. The Hall–Kier alpha value is -1.75. The first-order valence-electron chi connectivity index (χ1n) is 4.44. The van der Waals surface area contributed by atoms with Crippen molar-refractivity contribution in [1.82, 2.24) is 0 Å². The Morgan fingerprint density at radius 3 is 2.47 bits per heavy atom. The Balaban J connectivity index is 2.87. The lowest BCUT2D eigenvalue weighted by Gasteiger charge is -2.14. The van der Waals surface area contributed by atoms with Crippen molar-refractivity contribution in [2.24, 2.45) is 0 Å². The Morgan fingerprint density at radius 2 is 1.87 bits per heavy atom. The molecule has 2 rings (SSSR count). The van der Waals surface area contributed by atoms with Gasteiger partial charge in [0.2, 0.25) is 0 Å². The Bertz CT molecular complexity index is 503. The first-order valence-corrected chi connectivity index (χ1v) is 4.44. The molecule has 0 aromatic heterocycles. The number of carbonyl (C=O) groups is 1. The SMILES string of the molecule is O=Cc1cccc2cccc([NH+]([O-])O)c12. The zero-order chi connectivity index (χ0) is 10.8. The fourth-order valence-electron chi connectivity index (χ4n) is 1.65. The van der Waals surface area contributed by atoms with Crippen molar-refractivity contribution >= 4 is 22.7 Å². The summed E-state index contributed by atoms with van der Waals surface area (Å²) in [6.07, 6.45) is 0.675. The highest BCUT2D eigenvalue weighted by molar-refractivity contribution is 6.03. The van der Waals surface area contributed by atoms with Gasteiger partial charge >= 0.3 is 0 Å². The molecule has 2 aromatic carbocycles. The van der Waals surface area contributed by atoms with Crippen LogP contribution in [0.5, 0.6) is 0 Å². The van der Waals surface area contributed by atoms with E-state index in [-0.39, 0.29) is 5.69 Å². The van der Waals surface area contributed by atoms with Gasteiger partial charge in [-0.25, -0.2) is 5.21 Å². The molecule has 2 aromatic rings. The van der Waals surface area contributed by atoms with Crippen molar-refractivity contribution in [3.05, 3.63) is 47.2 Å². The van der Waals surface area contributed by atoms with Gasteiger partial charge < -0.3 is 5.21 Å². The topological polar surface area (TPSA) is 64.8 Å². The van der Waals surface area contributed by atoms with Crippen LogP contribution < -0.4 is 5.23 Å². The molecule has 1 atom stereocenters. The summed E-state index contributed by atoms with van der Waals surface area (Å²) in [4.78, 5) is 10.8. The van der Waals surface area contributed by atoms with Gasteiger partial charge in [-0.2, -0.15) is 5.23 Å². The van der Waals surface area contributed by atoms with E-state index in [1.54, 1.807) is 30.3 Å². The van der Waals surface area contributed by atoms with Crippen molar-refractivity contribution in [2.45, 2.75) is 0 Å². The van der Waals surface area contributed by atoms with Gasteiger partial charge in [0.25, 0.3) is 0 Å². The molecule has 4 heteroatoms. The number of benzene rings is 2. The second-order valence-corrected chi connectivity index (χ2v) is 3.17. The van der Waals surface area contributed by atoms with Crippen molar-refractivity contribution in [1.29, 1.82) is 0 Å². The molecule has 0 spiro atoms. The van der Waals surface area contributed by atoms with Crippen LogP contribution in [0.1, 0.15) is 10.4 Å². The van der Waals surface area contributed by atoms with Crippen molar-refractivity contribution < 1.29 is 15.2 Å². The van der Waals surface area contributed by atoms with E-state index in [9.17, 15) is 10.0 Å². The molecule has 0 aliphatic carbocycles. The van der Waals surface area contributed by atoms with E-state index in [4.69, 9.17) is 5.21 Å². The maximum Gasteiger partial charge on any atom is 0.172 e. The fraction of sp³-hybridized carbons (Fsp3) is 0. The van der Waals surface area contributed by atoms with Gasteiger partial charge in [0.1, 0.15) is 0 Å². The number of aldehydes is 1.